The van der Waals surface area contributed by atoms with Gasteiger partial charge in [-0.05, 0) is 76.8 Å². The monoisotopic (exact) mass is 299 g/mol. The van der Waals surface area contributed by atoms with Crippen LogP contribution in [0.1, 0.15) is 44.9 Å². The van der Waals surface area contributed by atoms with Crippen molar-refractivity contribution in [2.45, 2.75) is 44.9 Å². The highest BCUT2D eigenvalue weighted by Crippen LogP contribution is 2.57. The average Bonchev–Trinajstić information content (AvgIpc) is 2.54. The van der Waals surface area contributed by atoms with Crippen molar-refractivity contribution in [1.82, 2.24) is 10.2 Å². The molecule has 1 amide bonds. The normalized spacial score (nSPS) is 38.5. The third kappa shape index (κ3) is 3.14. The van der Waals surface area contributed by atoms with Crippen LogP contribution in [-0.2, 0) is 4.79 Å². The lowest BCUT2D eigenvalue weighted by molar-refractivity contribution is -0.135. The third-order valence-electron chi connectivity index (χ3n) is 5.72. The first-order valence-electron chi connectivity index (χ1n) is 8.00. The fraction of sp³-hybridized carbons (Fsp3) is 0.938. The number of amides is 1. The molecule has 3 nitrogen and oxygen atoms in total. The standard InChI is InChI=1S/C16H28N2O.ClH/c1-18(2)6-5-17-15(19)16-4-3-12-7-13(10-16)9-14(8-12)11-16;/h12-14H,3-11H2,1-2H3,(H,17,19);1H/p-1. The summed E-state index contributed by atoms with van der Waals surface area (Å²) in [5.41, 5.74) is 0.00511. The number of rotatable bonds is 4. The van der Waals surface area contributed by atoms with Gasteiger partial charge in [0.1, 0.15) is 0 Å². The van der Waals surface area contributed by atoms with E-state index in [1.165, 1.54) is 38.5 Å². The first-order chi connectivity index (χ1) is 9.07. The number of fused-ring (bicyclic) bond motifs is 1. The van der Waals surface area contributed by atoms with E-state index in [1.807, 2.05) is 0 Å². The molecule has 4 heteroatoms. The summed E-state index contributed by atoms with van der Waals surface area (Å²) >= 11 is 0. The number of carbonyl (C=O) groups is 1. The summed E-state index contributed by atoms with van der Waals surface area (Å²) in [5.74, 6) is 2.99. The fourth-order valence-electron chi connectivity index (χ4n) is 5.02. The predicted octanol–water partition coefficient (Wildman–Crippen LogP) is -0.725. The van der Waals surface area contributed by atoms with Gasteiger partial charge in [-0.2, -0.15) is 0 Å². The number of likely N-dealkylation sites (N-methyl/N-ethyl adjacent to an activating group) is 1. The highest BCUT2D eigenvalue weighted by molar-refractivity contribution is 5.82. The molecule has 0 aliphatic heterocycles. The molecule has 0 aromatic heterocycles. The summed E-state index contributed by atoms with van der Waals surface area (Å²) < 4.78 is 0. The van der Waals surface area contributed by atoms with Gasteiger partial charge in [-0.15, -0.1) is 0 Å². The van der Waals surface area contributed by atoms with E-state index in [0.717, 1.165) is 37.3 Å². The minimum atomic E-state index is 0. The van der Waals surface area contributed by atoms with Crippen LogP contribution >= 0.6 is 0 Å². The highest BCUT2D eigenvalue weighted by atomic mass is 35.5. The molecular formula is C16H28ClN2O-. The maximum Gasteiger partial charge on any atom is 0.226 e. The van der Waals surface area contributed by atoms with Crippen LogP contribution < -0.4 is 17.7 Å². The van der Waals surface area contributed by atoms with Crippen LogP contribution in [0, 0.1) is 23.2 Å². The lowest BCUT2D eigenvalue weighted by atomic mass is 9.61. The van der Waals surface area contributed by atoms with Crippen LogP contribution in [0.2, 0.25) is 0 Å². The summed E-state index contributed by atoms with van der Waals surface area (Å²) in [4.78, 5) is 14.8. The summed E-state index contributed by atoms with van der Waals surface area (Å²) in [7, 11) is 4.11. The van der Waals surface area contributed by atoms with E-state index in [9.17, 15) is 4.79 Å². The van der Waals surface area contributed by atoms with Gasteiger partial charge in [0.05, 0.1) is 0 Å². The molecule has 4 fully saturated rings. The van der Waals surface area contributed by atoms with Crippen LogP contribution in [0.4, 0.5) is 0 Å². The number of halogens is 1. The van der Waals surface area contributed by atoms with Crippen molar-refractivity contribution in [3.05, 3.63) is 0 Å². The minimum Gasteiger partial charge on any atom is -1.00 e. The second kappa shape index (κ2) is 6.23. The molecule has 2 atom stereocenters. The van der Waals surface area contributed by atoms with Gasteiger partial charge in [0, 0.05) is 18.5 Å². The second-order valence-corrected chi connectivity index (χ2v) is 7.59. The molecule has 0 radical (unpaired) electrons. The van der Waals surface area contributed by atoms with Crippen molar-refractivity contribution in [1.29, 1.82) is 0 Å². The number of carbonyl (C=O) groups excluding carboxylic acids is 1. The van der Waals surface area contributed by atoms with Crippen LogP contribution in [0.25, 0.3) is 0 Å². The Morgan fingerprint density at radius 3 is 2.35 bits per heavy atom. The van der Waals surface area contributed by atoms with Gasteiger partial charge in [-0.25, -0.2) is 0 Å². The maximum atomic E-state index is 12.7. The Balaban J connectivity index is 0.00000147. The Morgan fingerprint density at radius 1 is 1.15 bits per heavy atom. The van der Waals surface area contributed by atoms with Crippen LogP contribution in [0.3, 0.4) is 0 Å². The van der Waals surface area contributed by atoms with Gasteiger partial charge < -0.3 is 22.6 Å². The molecule has 4 rings (SSSR count). The summed E-state index contributed by atoms with van der Waals surface area (Å²) in [5, 5.41) is 3.22. The molecule has 0 saturated heterocycles. The summed E-state index contributed by atoms with van der Waals surface area (Å²) in [6.45, 7) is 1.74. The topological polar surface area (TPSA) is 32.3 Å². The molecule has 2 unspecified atom stereocenters. The van der Waals surface area contributed by atoms with E-state index in [-0.39, 0.29) is 17.8 Å². The van der Waals surface area contributed by atoms with E-state index in [1.54, 1.807) is 0 Å². The first kappa shape index (κ1) is 16.1. The van der Waals surface area contributed by atoms with E-state index < -0.39 is 0 Å². The predicted molar refractivity (Wildman–Crippen MR) is 76.8 cm³/mol. The van der Waals surface area contributed by atoms with Crippen molar-refractivity contribution >= 4 is 5.91 Å². The highest BCUT2D eigenvalue weighted by Gasteiger charge is 2.51. The van der Waals surface area contributed by atoms with Crippen molar-refractivity contribution in [2.75, 3.05) is 27.2 Å². The molecule has 4 aliphatic carbocycles. The van der Waals surface area contributed by atoms with Gasteiger partial charge in [0.25, 0.3) is 0 Å². The number of hydrogen-bond donors (Lipinski definition) is 1. The molecule has 0 aromatic rings. The van der Waals surface area contributed by atoms with E-state index in [4.69, 9.17) is 0 Å². The molecule has 0 heterocycles. The van der Waals surface area contributed by atoms with E-state index in [2.05, 4.69) is 24.3 Å². The molecule has 20 heavy (non-hydrogen) atoms. The lowest BCUT2D eigenvalue weighted by Gasteiger charge is -2.44. The Morgan fingerprint density at radius 2 is 1.75 bits per heavy atom. The Hall–Kier alpha value is -0.280. The molecule has 4 saturated carbocycles. The van der Waals surface area contributed by atoms with Gasteiger partial charge in [-0.1, -0.05) is 0 Å². The SMILES string of the molecule is CN(C)CCNC(=O)C12CCC3CC(CC(C3)C1)C2.[Cl-]. The van der Waals surface area contributed by atoms with Crippen LogP contribution in [0.5, 0.6) is 0 Å². The van der Waals surface area contributed by atoms with Crippen molar-refractivity contribution < 1.29 is 17.2 Å². The zero-order valence-electron chi connectivity index (χ0n) is 12.8. The van der Waals surface area contributed by atoms with Crippen LogP contribution in [-0.4, -0.2) is 38.0 Å². The van der Waals surface area contributed by atoms with Gasteiger partial charge in [0.15, 0.2) is 0 Å². The van der Waals surface area contributed by atoms with Crippen LogP contribution in [0.15, 0.2) is 0 Å². The molecule has 4 bridgehead atoms. The number of hydrogen-bond acceptors (Lipinski definition) is 2. The average molecular weight is 300 g/mol. The molecule has 4 aliphatic rings. The Kier molecular flexibility index (Phi) is 5.01. The molecular weight excluding hydrogens is 272 g/mol. The van der Waals surface area contributed by atoms with Gasteiger partial charge in [-0.3, -0.25) is 4.79 Å². The Labute approximate surface area is 129 Å². The zero-order valence-corrected chi connectivity index (χ0v) is 13.6. The van der Waals surface area contributed by atoms with Crippen molar-refractivity contribution in [3.63, 3.8) is 0 Å². The maximum absolute atomic E-state index is 12.7. The third-order valence-corrected chi connectivity index (χ3v) is 5.72. The molecule has 116 valence electrons. The quantitative estimate of drug-likeness (QED) is 0.743. The van der Waals surface area contributed by atoms with E-state index in [0.29, 0.717) is 5.91 Å². The fourth-order valence-corrected chi connectivity index (χ4v) is 5.02. The first-order valence-corrected chi connectivity index (χ1v) is 8.00. The largest absolute Gasteiger partial charge is 1.00 e. The lowest BCUT2D eigenvalue weighted by Crippen LogP contribution is -3.00. The van der Waals surface area contributed by atoms with Crippen molar-refractivity contribution in [2.24, 2.45) is 23.2 Å². The second-order valence-electron chi connectivity index (χ2n) is 7.59. The van der Waals surface area contributed by atoms with Crippen molar-refractivity contribution in [3.8, 4) is 0 Å². The summed E-state index contributed by atoms with van der Waals surface area (Å²) in [6, 6.07) is 0. The Bertz CT molecular complexity index is 344. The molecule has 1 N–H and O–H groups in total. The smallest absolute Gasteiger partial charge is 0.226 e. The zero-order chi connectivity index (χ0) is 13.5. The molecule has 0 spiro atoms. The molecule has 0 aromatic carbocycles. The van der Waals surface area contributed by atoms with Gasteiger partial charge in [0.2, 0.25) is 5.91 Å². The minimum absolute atomic E-state index is 0. The van der Waals surface area contributed by atoms with E-state index >= 15 is 0 Å². The summed E-state index contributed by atoms with van der Waals surface area (Å²) in [6.07, 6.45) is 9.02. The number of nitrogens with zero attached hydrogens (tertiary/aromatic N) is 1. The number of nitrogens with one attached hydrogen (secondary N) is 1. The van der Waals surface area contributed by atoms with Gasteiger partial charge >= 0.3 is 0 Å².